The Morgan fingerprint density at radius 1 is 1.64 bits per heavy atom. The van der Waals surface area contributed by atoms with Gasteiger partial charge in [0, 0.05) is 12.1 Å². The Bertz CT molecular complexity index is 135. The first-order valence-corrected chi connectivity index (χ1v) is 4.70. The highest BCUT2D eigenvalue weighted by Gasteiger charge is 2.44. The van der Waals surface area contributed by atoms with Crippen LogP contribution >= 0.6 is 0 Å². The molecule has 2 nitrogen and oxygen atoms in total. The molecule has 2 aliphatic heterocycles. The Labute approximate surface area is 68.3 Å². The van der Waals surface area contributed by atoms with Crippen molar-refractivity contribution in [2.24, 2.45) is 5.92 Å². The Morgan fingerprint density at radius 3 is 3.18 bits per heavy atom. The number of ether oxygens (including phenoxy) is 1. The second kappa shape index (κ2) is 2.76. The summed E-state index contributed by atoms with van der Waals surface area (Å²) in [6, 6.07) is 0. The van der Waals surface area contributed by atoms with E-state index in [0.29, 0.717) is 5.54 Å². The Balaban J connectivity index is 2.09. The summed E-state index contributed by atoms with van der Waals surface area (Å²) in [6.07, 6.45) is 3.88. The zero-order valence-electron chi connectivity index (χ0n) is 7.23. The smallest absolute Gasteiger partial charge is 0.0651 e. The third-order valence-corrected chi connectivity index (χ3v) is 3.30. The van der Waals surface area contributed by atoms with Crippen molar-refractivity contribution in [3.8, 4) is 0 Å². The highest BCUT2D eigenvalue weighted by molar-refractivity contribution is 5.01. The largest absolute Gasteiger partial charge is 0.379 e. The lowest BCUT2D eigenvalue weighted by atomic mass is 9.83. The number of hydrogen-bond acceptors (Lipinski definition) is 2. The Kier molecular flexibility index (Phi) is 1.90. The van der Waals surface area contributed by atoms with Crippen molar-refractivity contribution in [2.75, 3.05) is 19.8 Å². The molecule has 0 radical (unpaired) electrons. The lowest BCUT2D eigenvalue weighted by Crippen LogP contribution is -2.45. The molecule has 0 aromatic carbocycles. The minimum atomic E-state index is 0.384. The monoisotopic (exact) mass is 155 g/mol. The highest BCUT2D eigenvalue weighted by Crippen LogP contribution is 2.35. The molecule has 2 aliphatic rings. The van der Waals surface area contributed by atoms with Crippen molar-refractivity contribution < 1.29 is 4.74 Å². The summed E-state index contributed by atoms with van der Waals surface area (Å²) in [7, 11) is 0. The third kappa shape index (κ3) is 1.09. The molecule has 2 saturated heterocycles. The van der Waals surface area contributed by atoms with Crippen LogP contribution in [0.3, 0.4) is 0 Å². The van der Waals surface area contributed by atoms with Crippen molar-refractivity contribution in [1.82, 2.24) is 5.32 Å². The zero-order valence-corrected chi connectivity index (χ0v) is 7.23. The summed E-state index contributed by atoms with van der Waals surface area (Å²) < 4.78 is 5.45. The van der Waals surface area contributed by atoms with Gasteiger partial charge in [0.2, 0.25) is 0 Å². The van der Waals surface area contributed by atoms with Crippen molar-refractivity contribution in [2.45, 2.75) is 31.7 Å². The molecule has 0 amide bonds. The molecule has 0 bridgehead atoms. The van der Waals surface area contributed by atoms with Crippen LogP contribution in [0.4, 0.5) is 0 Å². The van der Waals surface area contributed by atoms with E-state index in [-0.39, 0.29) is 0 Å². The molecular formula is C9H17NO. The van der Waals surface area contributed by atoms with Crippen LogP contribution in [0.2, 0.25) is 0 Å². The van der Waals surface area contributed by atoms with Crippen LogP contribution in [0.15, 0.2) is 0 Å². The fourth-order valence-corrected chi connectivity index (χ4v) is 2.55. The van der Waals surface area contributed by atoms with E-state index in [1.807, 2.05) is 0 Å². The topological polar surface area (TPSA) is 21.3 Å². The van der Waals surface area contributed by atoms with E-state index in [0.717, 1.165) is 19.1 Å². The minimum Gasteiger partial charge on any atom is -0.379 e. The van der Waals surface area contributed by atoms with Crippen LogP contribution in [-0.4, -0.2) is 25.3 Å². The summed E-state index contributed by atoms with van der Waals surface area (Å²) in [4.78, 5) is 0. The van der Waals surface area contributed by atoms with Crippen LogP contribution in [0, 0.1) is 5.92 Å². The molecule has 2 rings (SSSR count). The Hall–Kier alpha value is -0.0800. The second-order valence-corrected chi connectivity index (χ2v) is 3.78. The number of hydrogen-bond donors (Lipinski definition) is 1. The van der Waals surface area contributed by atoms with Crippen LogP contribution < -0.4 is 5.32 Å². The van der Waals surface area contributed by atoms with Gasteiger partial charge in [-0.25, -0.2) is 0 Å². The maximum absolute atomic E-state index is 5.45. The number of rotatable bonds is 1. The maximum atomic E-state index is 5.45. The van der Waals surface area contributed by atoms with Gasteiger partial charge in [0.15, 0.2) is 0 Å². The fourth-order valence-electron chi connectivity index (χ4n) is 2.55. The van der Waals surface area contributed by atoms with E-state index in [2.05, 4.69) is 12.2 Å². The molecule has 0 aliphatic carbocycles. The van der Waals surface area contributed by atoms with Crippen LogP contribution in [-0.2, 0) is 4.74 Å². The van der Waals surface area contributed by atoms with Crippen LogP contribution in [0.1, 0.15) is 26.2 Å². The first-order chi connectivity index (χ1) is 5.37. The molecule has 2 atom stereocenters. The molecular weight excluding hydrogens is 138 g/mol. The van der Waals surface area contributed by atoms with Crippen LogP contribution in [0.25, 0.3) is 0 Å². The quantitative estimate of drug-likeness (QED) is 0.613. The summed E-state index contributed by atoms with van der Waals surface area (Å²) in [5, 5.41) is 3.61. The molecule has 2 unspecified atom stereocenters. The molecule has 2 heteroatoms. The van der Waals surface area contributed by atoms with E-state index in [1.54, 1.807) is 0 Å². The Morgan fingerprint density at radius 2 is 2.55 bits per heavy atom. The summed E-state index contributed by atoms with van der Waals surface area (Å²) >= 11 is 0. The van der Waals surface area contributed by atoms with Gasteiger partial charge in [-0.2, -0.15) is 0 Å². The number of nitrogens with one attached hydrogen (secondary N) is 1. The lowest BCUT2D eigenvalue weighted by Gasteiger charge is -2.28. The standard InChI is InChI=1S/C9H17NO/c1-2-8-3-5-10-9(8)4-6-11-7-9/h8,10H,2-7H2,1H3. The van der Waals surface area contributed by atoms with Gasteiger partial charge in [-0.15, -0.1) is 0 Å². The summed E-state index contributed by atoms with van der Waals surface area (Å²) in [5.41, 5.74) is 0.384. The normalized spacial score (nSPS) is 43.9. The predicted octanol–water partition coefficient (Wildman–Crippen LogP) is 1.17. The first kappa shape index (κ1) is 7.56. The molecule has 1 spiro atoms. The molecule has 2 fully saturated rings. The van der Waals surface area contributed by atoms with Crippen molar-refractivity contribution in [3.05, 3.63) is 0 Å². The maximum Gasteiger partial charge on any atom is 0.0651 e. The van der Waals surface area contributed by atoms with Gasteiger partial charge in [0.1, 0.15) is 0 Å². The van der Waals surface area contributed by atoms with Crippen molar-refractivity contribution in [1.29, 1.82) is 0 Å². The summed E-state index contributed by atoms with van der Waals surface area (Å²) in [6.45, 7) is 5.40. The fraction of sp³-hybridized carbons (Fsp3) is 1.00. The van der Waals surface area contributed by atoms with Gasteiger partial charge in [-0.3, -0.25) is 0 Å². The lowest BCUT2D eigenvalue weighted by molar-refractivity contribution is 0.155. The van der Waals surface area contributed by atoms with Gasteiger partial charge in [0.05, 0.1) is 6.61 Å². The average Bonchev–Trinajstić information content (AvgIpc) is 2.62. The highest BCUT2D eigenvalue weighted by atomic mass is 16.5. The average molecular weight is 155 g/mol. The van der Waals surface area contributed by atoms with Gasteiger partial charge in [-0.1, -0.05) is 13.3 Å². The van der Waals surface area contributed by atoms with Crippen molar-refractivity contribution in [3.63, 3.8) is 0 Å². The summed E-state index contributed by atoms with van der Waals surface area (Å²) in [5.74, 6) is 0.866. The van der Waals surface area contributed by atoms with Crippen molar-refractivity contribution >= 4 is 0 Å². The predicted molar refractivity (Wildman–Crippen MR) is 44.6 cm³/mol. The van der Waals surface area contributed by atoms with E-state index < -0.39 is 0 Å². The first-order valence-electron chi connectivity index (χ1n) is 4.70. The van der Waals surface area contributed by atoms with Crippen LogP contribution in [0.5, 0.6) is 0 Å². The second-order valence-electron chi connectivity index (χ2n) is 3.78. The van der Waals surface area contributed by atoms with Gasteiger partial charge >= 0.3 is 0 Å². The molecule has 1 N–H and O–H groups in total. The molecule has 11 heavy (non-hydrogen) atoms. The minimum absolute atomic E-state index is 0.384. The van der Waals surface area contributed by atoms with Gasteiger partial charge in [-0.05, 0) is 25.3 Å². The zero-order chi connectivity index (χ0) is 7.73. The molecule has 0 aromatic heterocycles. The molecule has 0 aromatic rings. The SMILES string of the molecule is CCC1CCNC12CCOC2. The van der Waals surface area contributed by atoms with E-state index in [4.69, 9.17) is 4.74 Å². The van der Waals surface area contributed by atoms with E-state index in [1.165, 1.54) is 25.8 Å². The molecule has 2 heterocycles. The van der Waals surface area contributed by atoms with E-state index in [9.17, 15) is 0 Å². The van der Waals surface area contributed by atoms with E-state index >= 15 is 0 Å². The van der Waals surface area contributed by atoms with Gasteiger partial charge < -0.3 is 10.1 Å². The molecule has 0 saturated carbocycles. The third-order valence-electron chi connectivity index (χ3n) is 3.30. The molecule has 64 valence electrons. The van der Waals surface area contributed by atoms with Gasteiger partial charge in [0.25, 0.3) is 0 Å².